The van der Waals surface area contributed by atoms with Crippen molar-refractivity contribution in [1.29, 1.82) is 5.26 Å². The molecule has 108 valence electrons. The number of benzene rings is 2. The third kappa shape index (κ3) is 3.49. The maximum absolute atomic E-state index is 10.5. The van der Waals surface area contributed by atoms with E-state index in [1.807, 2.05) is 79.5 Å². The molecule has 0 aliphatic heterocycles. The highest BCUT2D eigenvalue weighted by Crippen LogP contribution is 2.27. The van der Waals surface area contributed by atoms with E-state index in [0.717, 1.165) is 11.1 Å². The standard InChI is InChI=1S/C18H20N2O/c1-14(18(21)16-11-7-4-8-12-16)20(2)17(13-19)15-9-5-3-6-10-15/h3-12,14,17-18,21H,1-2H3/t14-,17?,18-/m0/s1. The molecule has 21 heavy (non-hydrogen) atoms. The molecule has 0 heterocycles. The van der Waals surface area contributed by atoms with Gasteiger partial charge in [0.2, 0.25) is 0 Å². The summed E-state index contributed by atoms with van der Waals surface area (Å²) in [6.45, 7) is 1.94. The van der Waals surface area contributed by atoms with Gasteiger partial charge >= 0.3 is 0 Å². The number of likely N-dealkylation sites (N-methyl/N-ethyl adjacent to an activating group) is 1. The smallest absolute Gasteiger partial charge is 0.123 e. The molecule has 0 amide bonds. The average molecular weight is 280 g/mol. The molecular weight excluding hydrogens is 260 g/mol. The van der Waals surface area contributed by atoms with Crippen molar-refractivity contribution in [3.63, 3.8) is 0 Å². The number of nitriles is 1. The molecule has 0 bridgehead atoms. The Bertz CT molecular complexity index is 592. The highest BCUT2D eigenvalue weighted by Gasteiger charge is 2.26. The lowest BCUT2D eigenvalue weighted by Crippen LogP contribution is -2.36. The van der Waals surface area contributed by atoms with Crippen LogP contribution in [0.2, 0.25) is 0 Å². The fourth-order valence-corrected chi connectivity index (χ4v) is 2.42. The largest absolute Gasteiger partial charge is 0.387 e. The van der Waals surface area contributed by atoms with Gasteiger partial charge in [0.25, 0.3) is 0 Å². The molecule has 3 nitrogen and oxygen atoms in total. The number of hydrogen-bond acceptors (Lipinski definition) is 3. The Morgan fingerprint density at radius 3 is 1.90 bits per heavy atom. The van der Waals surface area contributed by atoms with Crippen LogP contribution in [0.1, 0.15) is 30.2 Å². The van der Waals surface area contributed by atoms with Crippen LogP contribution < -0.4 is 0 Å². The molecule has 1 N–H and O–H groups in total. The second kappa shape index (κ2) is 7.03. The van der Waals surface area contributed by atoms with E-state index in [1.165, 1.54) is 0 Å². The topological polar surface area (TPSA) is 47.3 Å². The van der Waals surface area contributed by atoms with Gasteiger partial charge in [-0.1, -0.05) is 60.7 Å². The lowest BCUT2D eigenvalue weighted by atomic mass is 9.99. The molecule has 2 rings (SSSR count). The first-order valence-corrected chi connectivity index (χ1v) is 7.04. The quantitative estimate of drug-likeness (QED) is 0.914. The maximum atomic E-state index is 10.5. The molecule has 0 radical (unpaired) electrons. The highest BCUT2D eigenvalue weighted by atomic mass is 16.3. The summed E-state index contributed by atoms with van der Waals surface area (Å²) in [6.07, 6.45) is -0.629. The minimum atomic E-state index is -0.629. The van der Waals surface area contributed by atoms with Crippen LogP contribution in [-0.2, 0) is 0 Å². The Labute approximate surface area is 126 Å². The second-order valence-electron chi connectivity index (χ2n) is 5.20. The fraction of sp³-hybridized carbons (Fsp3) is 0.278. The zero-order valence-corrected chi connectivity index (χ0v) is 12.3. The monoisotopic (exact) mass is 280 g/mol. The van der Waals surface area contributed by atoms with Gasteiger partial charge in [-0.2, -0.15) is 5.26 Å². The van der Waals surface area contributed by atoms with Crippen molar-refractivity contribution in [3.8, 4) is 6.07 Å². The average Bonchev–Trinajstić information content (AvgIpc) is 2.56. The van der Waals surface area contributed by atoms with E-state index in [1.54, 1.807) is 0 Å². The summed E-state index contributed by atoms with van der Waals surface area (Å²) >= 11 is 0. The molecular formula is C18H20N2O. The molecule has 0 saturated carbocycles. The van der Waals surface area contributed by atoms with Gasteiger partial charge in [0.05, 0.1) is 12.2 Å². The van der Waals surface area contributed by atoms with E-state index in [2.05, 4.69) is 6.07 Å². The lowest BCUT2D eigenvalue weighted by molar-refractivity contribution is 0.0605. The van der Waals surface area contributed by atoms with E-state index in [0.29, 0.717) is 0 Å². The molecule has 0 aliphatic rings. The number of aliphatic hydroxyl groups is 1. The molecule has 0 spiro atoms. The van der Waals surface area contributed by atoms with Gasteiger partial charge < -0.3 is 5.11 Å². The van der Waals surface area contributed by atoms with Crippen LogP contribution in [0.25, 0.3) is 0 Å². The van der Waals surface area contributed by atoms with Gasteiger partial charge in [-0.3, -0.25) is 4.90 Å². The van der Waals surface area contributed by atoms with Crippen molar-refractivity contribution < 1.29 is 5.11 Å². The predicted molar refractivity (Wildman–Crippen MR) is 83.4 cm³/mol. The van der Waals surface area contributed by atoms with Gasteiger partial charge in [0.15, 0.2) is 0 Å². The molecule has 0 aromatic heterocycles. The molecule has 0 aliphatic carbocycles. The first-order chi connectivity index (χ1) is 10.1. The van der Waals surface area contributed by atoms with E-state index >= 15 is 0 Å². The van der Waals surface area contributed by atoms with Gasteiger partial charge in [0.1, 0.15) is 6.04 Å². The lowest BCUT2D eigenvalue weighted by Gasteiger charge is -2.32. The Hall–Kier alpha value is -2.15. The third-order valence-corrected chi connectivity index (χ3v) is 3.89. The van der Waals surface area contributed by atoms with Crippen molar-refractivity contribution in [2.75, 3.05) is 7.05 Å². The van der Waals surface area contributed by atoms with Crippen molar-refractivity contribution in [3.05, 3.63) is 71.8 Å². The molecule has 3 heteroatoms. The molecule has 0 fully saturated rings. The van der Waals surface area contributed by atoms with E-state index < -0.39 is 6.10 Å². The van der Waals surface area contributed by atoms with E-state index in [4.69, 9.17) is 0 Å². The molecule has 0 saturated heterocycles. The summed E-state index contributed by atoms with van der Waals surface area (Å²) in [7, 11) is 1.87. The molecule has 1 unspecified atom stereocenters. The third-order valence-electron chi connectivity index (χ3n) is 3.89. The normalized spacial score (nSPS) is 15.2. The number of aliphatic hydroxyl groups excluding tert-OH is 1. The Morgan fingerprint density at radius 2 is 1.43 bits per heavy atom. The molecule has 2 aromatic carbocycles. The number of nitrogens with zero attached hydrogens (tertiary/aromatic N) is 2. The maximum Gasteiger partial charge on any atom is 0.123 e. The van der Waals surface area contributed by atoms with Crippen molar-refractivity contribution in [2.45, 2.75) is 25.1 Å². The Kier molecular flexibility index (Phi) is 5.10. The summed E-state index contributed by atoms with van der Waals surface area (Å²) in [5.41, 5.74) is 1.80. The minimum Gasteiger partial charge on any atom is -0.387 e. The predicted octanol–water partition coefficient (Wildman–Crippen LogP) is 3.31. The summed E-state index contributed by atoms with van der Waals surface area (Å²) < 4.78 is 0. The second-order valence-corrected chi connectivity index (χ2v) is 5.20. The van der Waals surface area contributed by atoms with Crippen LogP contribution >= 0.6 is 0 Å². The highest BCUT2D eigenvalue weighted by molar-refractivity contribution is 5.25. The van der Waals surface area contributed by atoms with Crippen molar-refractivity contribution >= 4 is 0 Å². The molecule has 2 aromatic rings. The van der Waals surface area contributed by atoms with Gasteiger partial charge in [-0.15, -0.1) is 0 Å². The summed E-state index contributed by atoms with van der Waals surface area (Å²) in [6, 6.07) is 21.0. The minimum absolute atomic E-state index is 0.169. The zero-order valence-electron chi connectivity index (χ0n) is 12.3. The van der Waals surface area contributed by atoms with Crippen molar-refractivity contribution in [2.24, 2.45) is 0 Å². The number of rotatable bonds is 5. The van der Waals surface area contributed by atoms with Gasteiger partial charge in [-0.05, 0) is 25.1 Å². The SMILES string of the molecule is C[C@@H]([C@H](O)c1ccccc1)N(C)C(C#N)c1ccccc1. The van der Waals surface area contributed by atoms with Crippen LogP contribution in [0.15, 0.2) is 60.7 Å². The fourth-order valence-electron chi connectivity index (χ4n) is 2.42. The van der Waals surface area contributed by atoms with Gasteiger partial charge in [0, 0.05) is 6.04 Å². The Balaban J connectivity index is 2.18. The summed E-state index contributed by atoms with van der Waals surface area (Å²) in [4.78, 5) is 1.91. The van der Waals surface area contributed by atoms with Crippen LogP contribution in [-0.4, -0.2) is 23.1 Å². The van der Waals surface area contributed by atoms with Crippen LogP contribution in [0.5, 0.6) is 0 Å². The van der Waals surface area contributed by atoms with E-state index in [-0.39, 0.29) is 12.1 Å². The Morgan fingerprint density at radius 1 is 0.952 bits per heavy atom. The summed E-state index contributed by atoms with van der Waals surface area (Å²) in [5.74, 6) is 0. The van der Waals surface area contributed by atoms with Crippen LogP contribution in [0.3, 0.4) is 0 Å². The zero-order chi connectivity index (χ0) is 15.2. The molecule has 3 atom stereocenters. The first kappa shape index (κ1) is 15.2. The summed E-state index contributed by atoms with van der Waals surface area (Å²) in [5, 5.41) is 20.0. The van der Waals surface area contributed by atoms with E-state index in [9.17, 15) is 10.4 Å². The van der Waals surface area contributed by atoms with Gasteiger partial charge in [-0.25, -0.2) is 0 Å². The van der Waals surface area contributed by atoms with Crippen molar-refractivity contribution in [1.82, 2.24) is 4.90 Å². The number of hydrogen-bond donors (Lipinski definition) is 1. The van der Waals surface area contributed by atoms with Crippen LogP contribution in [0, 0.1) is 11.3 Å². The first-order valence-electron chi connectivity index (χ1n) is 7.04. The van der Waals surface area contributed by atoms with Crippen LogP contribution in [0.4, 0.5) is 0 Å².